The van der Waals surface area contributed by atoms with Crippen LogP contribution in [0.4, 0.5) is 0 Å². The number of rotatable bonds is 9. The maximum Gasteiger partial charge on any atom is 0.193 e. The van der Waals surface area contributed by atoms with Gasteiger partial charge in [-0.15, -0.1) is 0 Å². The van der Waals surface area contributed by atoms with E-state index in [0.717, 1.165) is 25.3 Å². The molecule has 0 heterocycles. The molecule has 0 aliphatic rings. The first-order valence-electron chi connectivity index (χ1n) is 8.14. The van der Waals surface area contributed by atoms with Gasteiger partial charge in [0.05, 0.1) is 6.61 Å². The molecule has 0 aromatic heterocycles. The summed E-state index contributed by atoms with van der Waals surface area (Å²) >= 11 is 0. The quantitative estimate of drug-likeness (QED) is 0.517. The lowest BCUT2D eigenvalue weighted by Crippen LogP contribution is -2.13. The minimum absolute atomic E-state index is 0.0424. The Kier molecular flexibility index (Phi) is 6.82. The second kappa shape index (κ2) is 9.11. The number of carbonyl (C=O) groups is 1. The summed E-state index contributed by atoms with van der Waals surface area (Å²) in [5, 5.41) is 0. The van der Waals surface area contributed by atoms with E-state index >= 15 is 0 Å². The van der Waals surface area contributed by atoms with Crippen molar-refractivity contribution in [3.63, 3.8) is 0 Å². The molecule has 0 unspecified atom stereocenters. The van der Waals surface area contributed by atoms with E-state index in [1.54, 1.807) is 0 Å². The fraction of sp³-hybridized carbons (Fsp3) is 0.350. The lowest BCUT2D eigenvalue weighted by atomic mass is 10.0. The number of benzene rings is 2. The second-order valence-corrected chi connectivity index (χ2v) is 5.93. The van der Waals surface area contributed by atoms with Gasteiger partial charge in [-0.2, -0.15) is 0 Å². The predicted molar refractivity (Wildman–Crippen MR) is 94.2 cm³/mol. The first-order valence-corrected chi connectivity index (χ1v) is 8.14. The minimum atomic E-state index is 0.0424. The summed E-state index contributed by atoms with van der Waals surface area (Å²) in [6, 6.07) is 16.7. The van der Waals surface area contributed by atoms with E-state index in [0.29, 0.717) is 11.1 Å². The highest BCUT2D eigenvalue weighted by molar-refractivity contribution is 6.08. The molecule has 122 valence electrons. The zero-order valence-corrected chi connectivity index (χ0v) is 14.0. The van der Waals surface area contributed by atoms with Crippen LogP contribution in [0.2, 0.25) is 0 Å². The third-order valence-corrected chi connectivity index (χ3v) is 3.67. The van der Waals surface area contributed by atoms with Crippen molar-refractivity contribution in [2.75, 3.05) is 27.2 Å². The molecule has 0 saturated heterocycles. The maximum atomic E-state index is 12.3. The standard InChI is InChI=1S/C20H25NO2/c1-21(2)15-7-4-8-16-23-19-13-11-18(12-14-19)20(22)17-9-5-3-6-10-17/h3,5-6,9-14H,4,7-8,15-16H2,1-2H3. The Morgan fingerprint density at radius 2 is 1.52 bits per heavy atom. The SMILES string of the molecule is CN(C)CCCCCOc1ccc(C(=O)c2ccccc2)cc1. The minimum Gasteiger partial charge on any atom is -0.494 e. The third-order valence-electron chi connectivity index (χ3n) is 3.67. The molecule has 0 aliphatic carbocycles. The van der Waals surface area contributed by atoms with Gasteiger partial charge >= 0.3 is 0 Å². The molecular weight excluding hydrogens is 286 g/mol. The van der Waals surface area contributed by atoms with Crippen molar-refractivity contribution in [3.8, 4) is 5.75 Å². The van der Waals surface area contributed by atoms with Gasteiger partial charge in [-0.05, 0) is 64.2 Å². The highest BCUT2D eigenvalue weighted by Gasteiger charge is 2.08. The van der Waals surface area contributed by atoms with Crippen molar-refractivity contribution in [1.29, 1.82) is 0 Å². The number of ketones is 1. The van der Waals surface area contributed by atoms with Gasteiger partial charge in [0.1, 0.15) is 5.75 Å². The van der Waals surface area contributed by atoms with Crippen LogP contribution in [0.3, 0.4) is 0 Å². The summed E-state index contributed by atoms with van der Waals surface area (Å²) in [4.78, 5) is 14.5. The Morgan fingerprint density at radius 3 is 2.17 bits per heavy atom. The zero-order valence-electron chi connectivity index (χ0n) is 14.0. The summed E-state index contributed by atoms with van der Waals surface area (Å²) in [5.41, 5.74) is 1.40. The van der Waals surface area contributed by atoms with Crippen molar-refractivity contribution in [1.82, 2.24) is 4.90 Å². The molecule has 0 radical (unpaired) electrons. The molecule has 0 saturated carbocycles. The van der Waals surface area contributed by atoms with Crippen LogP contribution in [0.5, 0.6) is 5.75 Å². The average molecular weight is 311 g/mol. The first-order chi connectivity index (χ1) is 11.2. The van der Waals surface area contributed by atoms with E-state index in [2.05, 4.69) is 19.0 Å². The molecule has 23 heavy (non-hydrogen) atoms. The van der Waals surface area contributed by atoms with E-state index in [9.17, 15) is 4.79 Å². The topological polar surface area (TPSA) is 29.5 Å². The van der Waals surface area contributed by atoms with Crippen molar-refractivity contribution in [2.24, 2.45) is 0 Å². The van der Waals surface area contributed by atoms with Crippen LogP contribution in [0.15, 0.2) is 54.6 Å². The van der Waals surface area contributed by atoms with Gasteiger partial charge in [-0.25, -0.2) is 0 Å². The summed E-state index contributed by atoms with van der Waals surface area (Å²) in [6.07, 6.45) is 3.42. The molecular formula is C20H25NO2. The lowest BCUT2D eigenvalue weighted by Gasteiger charge is -2.09. The average Bonchev–Trinajstić information content (AvgIpc) is 2.58. The van der Waals surface area contributed by atoms with E-state index in [1.807, 2.05) is 54.6 Å². The number of hydrogen-bond donors (Lipinski definition) is 0. The number of hydrogen-bond acceptors (Lipinski definition) is 3. The molecule has 0 N–H and O–H groups in total. The predicted octanol–water partition coefficient (Wildman–Crippen LogP) is 4.03. The van der Waals surface area contributed by atoms with Crippen molar-refractivity contribution in [2.45, 2.75) is 19.3 Å². The van der Waals surface area contributed by atoms with Gasteiger partial charge < -0.3 is 9.64 Å². The molecule has 2 rings (SSSR count). The van der Waals surface area contributed by atoms with Crippen LogP contribution in [0.1, 0.15) is 35.2 Å². The molecule has 0 atom stereocenters. The van der Waals surface area contributed by atoms with Gasteiger partial charge in [-0.1, -0.05) is 30.3 Å². The number of unbranched alkanes of at least 4 members (excludes halogenated alkanes) is 2. The van der Waals surface area contributed by atoms with Gasteiger partial charge in [0.2, 0.25) is 0 Å². The van der Waals surface area contributed by atoms with Gasteiger partial charge in [0, 0.05) is 11.1 Å². The Bertz CT molecular complexity index is 591. The summed E-state index contributed by atoms with van der Waals surface area (Å²) < 4.78 is 5.73. The maximum absolute atomic E-state index is 12.3. The Balaban J connectivity index is 1.77. The Hall–Kier alpha value is -2.13. The summed E-state index contributed by atoms with van der Waals surface area (Å²) in [6.45, 7) is 1.84. The third kappa shape index (κ3) is 5.87. The molecule has 0 fully saturated rings. The lowest BCUT2D eigenvalue weighted by molar-refractivity contribution is 0.103. The molecule has 3 heteroatoms. The normalized spacial score (nSPS) is 10.7. The van der Waals surface area contributed by atoms with Crippen LogP contribution >= 0.6 is 0 Å². The smallest absolute Gasteiger partial charge is 0.193 e. The van der Waals surface area contributed by atoms with E-state index < -0.39 is 0 Å². The van der Waals surface area contributed by atoms with Crippen LogP contribution in [0.25, 0.3) is 0 Å². The molecule has 0 amide bonds. The van der Waals surface area contributed by atoms with Crippen LogP contribution in [-0.4, -0.2) is 37.9 Å². The molecule has 2 aromatic rings. The Labute approximate surface area is 138 Å². The molecule has 3 nitrogen and oxygen atoms in total. The Morgan fingerprint density at radius 1 is 0.870 bits per heavy atom. The van der Waals surface area contributed by atoms with Gasteiger partial charge in [0.25, 0.3) is 0 Å². The molecule has 0 bridgehead atoms. The fourth-order valence-electron chi connectivity index (χ4n) is 2.36. The fourth-order valence-corrected chi connectivity index (χ4v) is 2.36. The summed E-state index contributed by atoms with van der Waals surface area (Å²) in [7, 11) is 4.18. The van der Waals surface area contributed by atoms with Crippen molar-refractivity contribution in [3.05, 3.63) is 65.7 Å². The monoisotopic (exact) mass is 311 g/mol. The summed E-state index contributed by atoms with van der Waals surface area (Å²) in [5.74, 6) is 0.864. The molecule has 0 aliphatic heterocycles. The first kappa shape index (κ1) is 17.2. The van der Waals surface area contributed by atoms with E-state index in [-0.39, 0.29) is 5.78 Å². The second-order valence-electron chi connectivity index (χ2n) is 5.93. The molecule has 2 aromatic carbocycles. The highest BCUT2D eigenvalue weighted by atomic mass is 16.5. The van der Waals surface area contributed by atoms with Gasteiger partial charge in [-0.3, -0.25) is 4.79 Å². The van der Waals surface area contributed by atoms with Crippen molar-refractivity contribution >= 4 is 5.78 Å². The van der Waals surface area contributed by atoms with Crippen LogP contribution < -0.4 is 4.74 Å². The van der Waals surface area contributed by atoms with Gasteiger partial charge in [0.15, 0.2) is 5.78 Å². The van der Waals surface area contributed by atoms with E-state index in [1.165, 1.54) is 12.8 Å². The highest BCUT2D eigenvalue weighted by Crippen LogP contribution is 2.16. The number of ether oxygens (including phenoxy) is 1. The number of carbonyl (C=O) groups excluding carboxylic acids is 1. The van der Waals surface area contributed by atoms with E-state index in [4.69, 9.17) is 4.74 Å². The molecule has 0 spiro atoms. The van der Waals surface area contributed by atoms with Crippen LogP contribution in [0, 0.1) is 0 Å². The van der Waals surface area contributed by atoms with Crippen LogP contribution in [-0.2, 0) is 0 Å². The number of nitrogens with zero attached hydrogens (tertiary/aromatic N) is 1. The largest absolute Gasteiger partial charge is 0.494 e. The zero-order chi connectivity index (χ0) is 16.5. The van der Waals surface area contributed by atoms with Crippen molar-refractivity contribution < 1.29 is 9.53 Å².